The van der Waals surface area contributed by atoms with E-state index in [4.69, 9.17) is 21.1 Å². The normalized spacial score (nSPS) is 13.3. The van der Waals surface area contributed by atoms with E-state index in [1.54, 1.807) is 44.4 Å². The number of hydrogen-bond acceptors (Lipinski definition) is 5. The predicted octanol–water partition coefficient (Wildman–Crippen LogP) is 4.29. The van der Waals surface area contributed by atoms with Crippen LogP contribution >= 0.6 is 11.6 Å². The Morgan fingerprint density at radius 3 is 2.61 bits per heavy atom. The lowest BCUT2D eigenvalue weighted by atomic mass is 9.99. The Kier molecular flexibility index (Phi) is 7.26. The van der Waals surface area contributed by atoms with Crippen molar-refractivity contribution in [1.29, 1.82) is 0 Å². The molecular formula is C29H28ClN3O5. The molecular weight excluding hydrogens is 506 g/mol. The Balaban J connectivity index is 1.45. The summed E-state index contributed by atoms with van der Waals surface area (Å²) >= 11 is 6.45. The number of ether oxygens (including phenoxy) is 2. The van der Waals surface area contributed by atoms with E-state index in [2.05, 4.69) is 10.3 Å². The topological polar surface area (TPSA) is 104 Å². The lowest BCUT2D eigenvalue weighted by Gasteiger charge is -2.23. The lowest BCUT2D eigenvalue weighted by Crippen LogP contribution is -2.39. The van der Waals surface area contributed by atoms with E-state index >= 15 is 0 Å². The summed E-state index contributed by atoms with van der Waals surface area (Å²) in [7, 11) is 3.33. The zero-order valence-corrected chi connectivity index (χ0v) is 21.8. The molecule has 1 aliphatic rings. The molecule has 38 heavy (non-hydrogen) atoms. The molecule has 0 radical (unpaired) electrons. The minimum absolute atomic E-state index is 0.200. The van der Waals surface area contributed by atoms with E-state index in [1.807, 2.05) is 30.5 Å². The second-order valence-electron chi connectivity index (χ2n) is 9.36. The largest absolute Gasteiger partial charge is 0.486 e. The number of H-pyrrole nitrogens is 1. The smallest absolute Gasteiger partial charge is 0.255 e. The Morgan fingerprint density at radius 2 is 1.84 bits per heavy atom. The number of rotatable bonds is 7. The lowest BCUT2D eigenvalue weighted by molar-refractivity contribution is 0.0827. The molecule has 0 fully saturated rings. The van der Waals surface area contributed by atoms with E-state index in [0.717, 1.165) is 16.5 Å². The van der Waals surface area contributed by atoms with Gasteiger partial charge in [0.1, 0.15) is 13.2 Å². The summed E-state index contributed by atoms with van der Waals surface area (Å²) in [6.07, 6.45) is 2.34. The van der Waals surface area contributed by atoms with Gasteiger partial charge in [-0.2, -0.15) is 0 Å². The van der Waals surface area contributed by atoms with Gasteiger partial charge in [-0.15, -0.1) is 0 Å². The predicted molar refractivity (Wildman–Crippen MR) is 146 cm³/mol. The molecule has 0 saturated heterocycles. The summed E-state index contributed by atoms with van der Waals surface area (Å²) in [4.78, 5) is 30.6. The molecule has 0 aliphatic carbocycles. The van der Waals surface area contributed by atoms with Gasteiger partial charge in [-0.25, -0.2) is 0 Å². The van der Waals surface area contributed by atoms with Crippen molar-refractivity contribution >= 4 is 34.3 Å². The van der Waals surface area contributed by atoms with Crippen LogP contribution in [0, 0.1) is 0 Å². The number of benzene rings is 3. The Morgan fingerprint density at radius 1 is 1.05 bits per heavy atom. The molecule has 8 nitrogen and oxygen atoms in total. The van der Waals surface area contributed by atoms with Crippen LogP contribution in [0.3, 0.4) is 0 Å². The van der Waals surface area contributed by atoms with Gasteiger partial charge in [0.05, 0.1) is 28.8 Å². The molecule has 196 valence electrons. The summed E-state index contributed by atoms with van der Waals surface area (Å²) in [6.45, 7) is 0.439. The number of aromatic amines is 1. The third-order valence-corrected chi connectivity index (χ3v) is 6.84. The van der Waals surface area contributed by atoms with Crippen LogP contribution in [0.1, 0.15) is 26.3 Å². The summed E-state index contributed by atoms with van der Waals surface area (Å²) in [6, 6.07) is 16.0. The Labute approximate surface area is 225 Å². The molecule has 5 rings (SSSR count). The third-order valence-electron chi connectivity index (χ3n) is 6.52. The van der Waals surface area contributed by atoms with Crippen molar-refractivity contribution in [2.45, 2.75) is 12.5 Å². The molecule has 0 spiro atoms. The fourth-order valence-electron chi connectivity index (χ4n) is 4.59. The molecule has 0 bridgehead atoms. The number of hydrogen-bond donors (Lipinski definition) is 3. The molecule has 9 heteroatoms. The average Bonchev–Trinajstić information content (AvgIpc) is 3.34. The number of carbonyl (C=O) groups excluding carboxylic acids is 2. The molecule has 2 amide bonds. The molecule has 0 unspecified atom stereocenters. The highest BCUT2D eigenvalue weighted by Crippen LogP contribution is 2.39. The molecule has 1 atom stereocenters. The van der Waals surface area contributed by atoms with Crippen LogP contribution < -0.4 is 14.8 Å². The Bertz CT molecular complexity index is 1510. The summed E-state index contributed by atoms with van der Waals surface area (Å²) in [5.74, 6) is 0.208. The van der Waals surface area contributed by atoms with Crippen molar-refractivity contribution in [3.63, 3.8) is 0 Å². The molecule has 0 saturated carbocycles. The highest BCUT2D eigenvalue weighted by Gasteiger charge is 2.25. The second-order valence-corrected chi connectivity index (χ2v) is 9.77. The number of aromatic nitrogens is 1. The zero-order chi connectivity index (χ0) is 26.8. The standard InChI is InChI=1S/C29H28ClN3O5/c1-33(2)29(36)22-8-7-17(13-24(22)30)18-12-23(27-26(14-18)37-9-10-38-27)28(35)32-20(16-34)11-19-15-31-25-6-4-3-5-21(19)25/h3-8,12-15,20,31,34H,9-11,16H2,1-2H3,(H,32,35)/t20-/m1/s1. The van der Waals surface area contributed by atoms with E-state index in [1.165, 1.54) is 4.90 Å². The zero-order valence-electron chi connectivity index (χ0n) is 21.1. The number of para-hydroxylation sites is 1. The third kappa shape index (κ3) is 5.05. The highest BCUT2D eigenvalue weighted by atomic mass is 35.5. The van der Waals surface area contributed by atoms with Crippen molar-refractivity contribution in [3.8, 4) is 22.6 Å². The van der Waals surface area contributed by atoms with Gasteiger partial charge in [0, 0.05) is 31.2 Å². The summed E-state index contributed by atoms with van der Waals surface area (Å²) in [5.41, 5.74) is 4.07. The minimum atomic E-state index is -0.517. The number of aliphatic hydroxyl groups excluding tert-OH is 1. The van der Waals surface area contributed by atoms with Gasteiger partial charge in [-0.05, 0) is 53.4 Å². The maximum absolute atomic E-state index is 13.5. The van der Waals surface area contributed by atoms with Crippen LogP contribution in [-0.4, -0.2) is 66.8 Å². The minimum Gasteiger partial charge on any atom is -0.486 e. The van der Waals surface area contributed by atoms with Crippen LogP contribution in [0.15, 0.2) is 60.8 Å². The maximum atomic E-state index is 13.5. The van der Waals surface area contributed by atoms with Crippen LogP contribution in [0.25, 0.3) is 22.0 Å². The van der Waals surface area contributed by atoms with Gasteiger partial charge in [0.2, 0.25) is 0 Å². The number of fused-ring (bicyclic) bond motifs is 2. The monoisotopic (exact) mass is 533 g/mol. The van der Waals surface area contributed by atoms with E-state index < -0.39 is 11.9 Å². The molecule has 1 aliphatic heterocycles. The van der Waals surface area contributed by atoms with Crippen LogP contribution in [0.4, 0.5) is 0 Å². The number of halogens is 1. The average molecular weight is 534 g/mol. The summed E-state index contributed by atoms with van der Waals surface area (Å²) in [5, 5.41) is 14.4. The van der Waals surface area contributed by atoms with E-state index in [0.29, 0.717) is 58.4 Å². The molecule has 4 aromatic rings. The fourth-order valence-corrected chi connectivity index (χ4v) is 4.85. The summed E-state index contributed by atoms with van der Waals surface area (Å²) < 4.78 is 11.6. The van der Waals surface area contributed by atoms with Gasteiger partial charge >= 0.3 is 0 Å². The quantitative estimate of drug-likeness (QED) is 0.329. The van der Waals surface area contributed by atoms with Crippen LogP contribution in [0.5, 0.6) is 11.5 Å². The van der Waals surface area contributed by atoms with Crippen LogP contribution in [-0.2, 0) is 6.42 Å². The van der Waals surface area contributed by atoms with Gasteiger partial charge < -0.3 is 29.8 Å². The first kappa shape index (κ1) is 25.6. The fraction of sp³-hybridized carbons (Fsp3) is 0.241. The number of aliphatic hydroxyl groups is 1. The van der Waals surface area contributed by atoms with E-state index in [9.17, 15) is 14.7 Å². The van der Waals surface area contributed by atoms with Gasteiger partial charge in [-0.3, -0.25) is 9.59 Å². The van der Waals surface area contributed by atoms with Crippen molar-refractivity contribution in [3.05, 3.63) is 82.5 Å². The number of nitrogens with zero attached hydrogens (tertiary/aromatic N) is 1. The molecule has 3 N–H and O–H groups in total. The van der Waals surface area contributed by atoms with Crippen molar-refractivity contribution in [1.82, 2.24) is 15.2 Å². The maximum Gasteiger partial charge on any atom is 0.255 e. The SMILES string of the molecule is CN(C)C(=O)c1ccc(-c2cc3c(c(C(=O)N[C@@H](CO)Cc4c[nH]c5ccccc45)c2)OCCO3)cc1Cl. The highest BCUT2D eigenvalue weighted by molar-refractivity contribution is 6.34. The number of nitrogens with one attached hydrogen (secondary N) is 2. The second kappa shape index (κ2) is 10.8. The molecule has 1 aromatic heterocycles. The first-order valence-corrected chi connectivity index (χ1v) is 12.7. The first-order valence-electron chi connectivity index (χ1n) is 12.3. The van der Waals surface area contributed by atoms with Gasteiger partial charge in [-0.1, -0.05) is 35.9 Å². The number of amides is 2. The van der Waals surface area contributed by atoms with Crippen molar-refractivity contribution in [2.24, 2.45) is 0 Å². The van der Waals surface area contributed by atoms with Crippen molar-refractivity contribution < 1.29 is 24.2 Å². The van der Waals surface area contributed by atoms with Gasteiger partial charge in [0.15, 0.2) is 11.5 Å². The first-order chi connectivity index (χ1) is 18.4. The Hall–Kier alpha value is -4.01. The van der Waals surface area contributed by atoms with Crippen molar-refractivity contribution in [2.75, 3.05) is 33.9 Å². The molecule has 2 heterocycles. The number of carbonyl (C=O) groups is 2. The van der Waals surface area contributed by atoms with Gasteiger partial charge in [0.25, 0.3) is 11.8 Å². The van der Waals surface area contributed by atoms with Crippen LogP contribution in [0.2, 0.25) is 5.02 Å². The molecule has 3 aromatic carbocycles. The van der Waals surface area contributed by atoms with E-state index in [-0.39, 0.29) is 12.5 Å².